The van der Waals surface area contributed by atoms with Crippen molar-refractivity contribution in [1.82, 2.24) is 14.4 Å². The van der Waals surface area contributed by atoms with Gasteiger partial charge in [0.2, 0.25) is 0 Å². The molecule has 0 aliphatic carbocycles. The fraction of sp³-hybridized carbons (Fsp3) is 0.118. The van der Waals surface area contributed by atoms with E-state index in [1.165, 1.54) is 0 Å². The molecule has 7 heteroatoms. The molecule has 1 N–H and O–H groups in total. The van der Waals surface area contributed by atoms with Gasteiger partial charge in [-0.15, -0.1) is 11.3 Å². The number of halogens is 1. The van der Waals surface area contributed by atoms with E-state index in [2.05, 4.69) is 37.2 Å². The SMILES string of the molecule is Cc1nc2scc(C)n2c1/C=N\Nc1ccnc2cc(Cl)ccc12. The third-order valence-corrected chi connectivity index (χ3v) is 5.01. The van der Waals surface area contributed by atoms with E-state index in [4.69, 9.17) is 11.6 Å². The molecule has 0 fully saturated rings. The van der Waals surface area contributed by atoms with Crippen molar-refractivity contribution in [2.75, 3.05) is 5.43 Å². The lowest BCUT2D eigenvalue weighted by atomic mass is 10.2. The van der Waals surface area contributed by atoms with Crippen molar-refractivity contribution in [1.29, 1.82) is 0 Å². The Balaban J connectivity index is 1.68. The molecule has 0 aliphatic heterocycles. The van der Waals surface area contributed by atoms with Crippen LogP contribution in [0, 0.1) is 13.8 Å². The first kappa shape index (κ1) is 15.1. The number of aryl methyl sites for hydroxylation is 2. The molecular weight excluding hydrogens is 342 g/mol. The number of pyridine rings is 1. The highest BCUT2D eigenvalue weighted by Gasteiger charge is 2.10. The maximum absolute atomic E-state index is 6.02. The van der Waals surface area contributed by atoms with Crippen molar-refractivity contribution in [3.63, 3.8) is 0 Å². The summed E-state index contributed by atoms with van der Waals surface area (Å²) in [6.07, 6.45) is 3.54. The largest absolute Gasteiger partial charge is 0.286 e. The minimum atomic E-state index is 0.667. The van der Waals surface area contributed by atoms with Gasteiger partial charge in [-0.25, -0.2) is 4.98 Å². The first-order valence-corrected chi connectivity index (χ1v) is 8.66. The van der Waals surface area contributed by atoms with Gasteiger partial charge in [0.25, 0.3) is 0 Å². The van der Waals surface area contributed by atoms with Crippen molar-refractivity contribution in [3.05, 3.63) is 57.9 Å². The maximum atomic E-state index is 6.02. The van der Waals surface area contributed by atoms with Gasteiger partial charge < -0.3 is 0 Å². The van der Waals surface area contributed by atoms with E-state index < -0.39 is 0 Å². The number of nitrogens with zero attached hydrogens (tertiary/aromatic N) is 4. The topological polar surface area (TPSA) is 54.6 Å². The van der Waals surface area contributed by atoms with Crippen LogP contribution in [0.5, 0.6) is 0 Å². The summed E-state index contributed by atoms with van der Waals surface area (Å²) in [5.41, 5.74) is 7.91. The second kappa shape index (κ2) is 5.89. The summed E-state index contributed by atoms with van der Waals surface area (Å²) in [6.45, 7) is 4.06. The molecule has 0 amide bonds. The summed E-state index contributed by atoms with van der Waals surface area (Å²) in [7, 11) is 0. The lowest BCUT2D eigenvalue weighted by molar-refractivity contribution is 1.11. The zero-order valence-corrected chi connectivity index (χ0v) is 14.7. The van der Waals surface area contributed by atoms with E-state index >= 15 is 0 Å². The number of nitrogens with one attached hydrogen (secondary N) is 1. The first-order valence-electron chi connectivity index (χ1n) is 7.40. The molecule has 0 saturated heterocycles. The number of thiazole rings is 1. The fourth-order valence-corrected chi connectivity index (χ4v) is 3.74. The van der Waals surface area contributed by atoms with E-state index in [9.17, 15) is 0 Å². The van der Waals surface area contributed by atoms with Crippen LogP contribution >= 0.6 is 22.9 Å². The summed E-state index contributed by atoms with van der Waals surface area (Å²) in [5.74, 6) is 0. The third-order valence-electron chi connectivity index (χ3n) is 3.83. The Morgan fingerprint density at radius 3 is 3.04 bits per heavy atom. The number of fused-ring (bicyclic) bond motifs is 2. The molecule has 120 valence electrons. The van der Waals surface area contributed by atoms with E-state index in [1.807, 2.05) is 31.2 Å². The van der Waals surface area contributed by atoms with Crippen molar-refractivity contribution < 1.29 is 0 Å². The van der Waals surface area contributed by atoms with Crippen molar-refractivity contribution in [2.45, 2.75) is 13.8 Å². The number of hydrogen-bond donors (Lipinski definition) is 1. The molecule has 0 aliphatic rings. The van der Waals surface area contributed by atoms with Crippen LogP contribution in [0.3, 0.4) is 0 Å². The van der Waals surface area contributed by atoms with Gasteiger partial charge in [-0.3, -0.25) is 14.8 Å². The van der Waals surface area contributed by atoms with Gasteiger partial charge in [-0.1, -0.05) is 11.6 Å². The Morgan fingerprint density at radius 2 is 2.17 bits per heavy atom. The predicted molar refractivity (Wildman–Crippen MR) is 101 cm³/mol. The molecule has 5 nitrogen and oxygen atoms in total. The average Bonchev–Trinajstić information content (AvgIpc) is 3.07. The number of imidazole rings is 1. The predicted octanol–water partition coefficient (Wildman–Crippen LogP) is 4.66. The van der Waals surface area contributed by atoms with Gasteiger partial charge in [-0.05, 0) is 38.1 Å². The van der Waals surface area contributed by atoms with Gasteiger partial charge in [0, 0.05) is 27.7 Å². The maximum Gasteiger partial charge on any atom is 0.194 e. The molecular formula is C17H14ClN5S. The van der Waals surface area contributed by atoms with Crippen molar-refractivity contribution >= 4 is 50.7 Å². The molecule has 4 aromatic rings. The van der Waals surface area contributed by atoms with E-state index in [-0.39, 0.29) is 0 Å². The van der Waals surface area contributed by atoms with Crippen molar-refractivity contribution in [3.8, 4) is 0 Å². The van der Waals surface area contributed by atoms with E-state index in [0.29, 0.717) is 5.02 Å². The Morgan fingerprint density at radius 1 is 1.29 bits per heavy atom. The molecule has 4 rings (SSSR count). The minimum absolute atomic E-state index is 0.667. The van der Waals surface area contributed by atoms with Gasteiger partial charge in [0.1, 0.15) is 0 Å². The molecule has 0 spiro atoms. The molecule has 0 bridgehead atoms. The number of anilines is 1. The number of rotatable bonds is 3. The van der Waals surface area contributed by atoms with Gasteiger partial charge in [0.15, 0.2) is 4.96 Å². The molecule has 3 aromatic heterocycles. The van der Waals surface area contributed by atoms with Crippen LogP contribution in [0.1, 0.15) is 17.1 Å². The van der Waals surface area contributed by atoms with Gasteiger partial charge in [-0.2, -0.15) is 5.10 Å². The van der Waals surface area contributed by atoms with Crippen LogP contribution in [0.2, 0.25) is 5.02 Å². The molecule has 0 atom stereocenters. The lowest BCUT2D eigenvalue weighted by Crippen LogP contribution is -1.97. The molecule has 24 heavy (non-hydrogen) atoms. The fourth-order valence-electron chi connectivity index (χ4n) is 2.66. The summed E-state index contributed by atoms with van der Waals surface area (Å²) < 4.78 is 2.11. The number of hydrogen-bond acceptors (Lipinski definition) is 5. The summed E-state index contributed by atoms with van der Waals surface area (Å²) in [5, 5.41) is 8.13. The Hall–Kier alpha value is -2.44. The second-order valence-electron chi connectivity index (χ2n) is 5.47. The van der Waals surface area contributed by atoms with Crippen LogP contribution in [0.15, 0.2) is 40.9 Å². The van der Waals surface area contributed by atoms with Gasteiger partial charge in [0.05, 0.1) is 28.8 Å². The summed E-state index contributed by atoms with van der Waals surface area (Å²) >= 11 is 7.65. The molecule has 0 saturated carbocycles. The Labute approximate surface area is 147 Å². The molecule has 0 unspecified atom stereocenters. The zero-order chi connectivity index (χ0) is 16.7. The number of aromatic nitrogens is 3. The van der Waals surface area contributed by atoms with E-state index in [1.54, 1.807) is 23.7 Å². The van der Waals surface area contributed by atoms with Crippen LogP contribution < -0.4 is 5.43 Å². The van der Waals surface area contributed by atoms with Crippen molar-refractivity contribution in [2.24, 2.45) is 5.10 Å². The highest BCUT2D eigenvalue weighted by molar-refractivity contribution is 7.15. The normalized spacial score (nSPS) is 11.8. The van der Waals surface area contributed by atoms with Crippen LogP contribution in [0.25, 0.3) is 15.9 Å². The van der Waals surface area contributed by atoms with Crippen LogP contribution in [-0.4, -0.2) is 20.6 Å². The number of benzene rings is 1. The highest BCUT2D eigenvalue weighted by atomic mass is 35.5. The van der Waals surface area contributed by atoms with Crippen LogP contribution in [0.4, 0.5) is 5.69 Å². The summed E-state index contributed by atoms with van der Waals surface area (Å²) in [6, 6.07) is 7.51. The first-order chi connectivity index (χ1) is 11.6. The zero-order valence-electron chi connectivity index (χ0n) is 13.1. The lowest BCUT2D eigenvalue weighted by Gasteiger charge is -2.05. The molecule has 1 aromatic carbocycles. The monoisotopic (exact) mass is 355 g/mol. The minimum Gasteiger partial charge on any atom is -0.286 e. The van der Waals surface area contributed by atoms with Crippen LogP contribution in [-0.2, 0) is 0 Å². The van der Waals surface area contributed by atoms with E-state index in [0.717, 1.165) is 38.6 Å². The second-order valence-corrected chi connectivity index (χ2v) is 6.74. The number of hydrazone groups is 1. The average molecular weight is 356 g/mol. The molecule has 0 radical (unpaired) electrons. The van der Waals surface area contributed by atoms with Gasteiger partial charge >= 0.3 is 0 Å². The quantitative estimate of drug-likeness (QED) is 0.429. The Bertz CT molecular complexity index is 1080. The third kappa shape index (κ3) is 2.53. The standard InChI is InChI=1S/C17H14ClN5S/c1-10-9-24-17-21-11(2)16(23(10)17)8-20-22-14-5-6-19-15-7-12(18)3-4-13(14)15/h3-9H,1-2H3,(H,19,22)/b20-8-. The summed E-state index contributed by atoms with van der Waals surface area (Å²) in [4.78, 5) is 9.87. The Kier molecular flexibility index (Phi) is 3.70. The smallest absolute Gasteiger partial charge is 0.194 e. The highest BCUT2D eigenvalue weighted by Crippen LogP contribution is 2.24. The molecule has 3 heterocycles.